The van der Waals surface area contributed by atoms with Crippen LogP contribution >= 0.6 is 0 Å². The summed E-state index contributed by atoms with van der Waals surface area (Å²) in [5.41, 5.74) is 2.32. The Balaban J connectivity index is 2.54. The molecule has 0 amide bonds. The Hall–Kier alpha value is -2.30. The minimum absolute atomic E-state index is 0.264. The zero-order valence-corrected chi connectivity index (χ0v) is 10.2. The number of aromatic amines is 1. The van der Waals surface area contributed by atoms with Crippen molar-refractivity contribution in [1.82, 2.24) is 9.78 Å². The monoisotopic (exact) mass is 246 g/mol. The number of aliphatic carboxylic acids is 1. The van der Waals surface area contributed by atoms with E-state index in [1.807, 2.05) is 25.1 Å². The Kier molecular flexibility index (Phi) is 3.06. The van der Waals surface area contributed by atoms with Crippen molar-refractivity contribution in [2.24, 2.45) is 0 Å². The summed E-state index contributed by atoms with van der Waals surface area (Å²) < 4.78 is 1.38. The van der Waals surface area contributed by atoms with E-state index in [1.54, 1.807) is 13.0 Å². The van der Waals surface area contributed by atoms with E-state index in [0.29, 0.717) is 16.9 Å². The summed E-state index contributed by atoms with van der Waals surface area (Å²) in [4.78, 5) is 22.8. The van der Waals surface area contributed by atoms with Gasteiger partial charge in [0.05, 0.1) is 17.7 Å². The fourth-order valence-electron chi connectivity index (χ4n) is 1.89. The van der Waals surface area contributed by atoms with Crippen molar-refractivity contribution in [3.8, 4) is 5.69 Å². The Morgan fingerprint density at radius 2 is 2.11 bits per heavy atom. The highest BCUT2D eigenvalue weighted by atomic mass is 16.4. The molecule has 0 spiro atoms. The van der Waals surface area contributed by atoms with Crippen LogP contribution in [0, 0.1) is 13.8 Å². The van der Waals surface area contributed by atoms with Crippen molar-refractivity contribution in [3.63, 3.8) is 0 Å². The summed E-state index contributed by atoms with van der Waals surface area (Å²) in [6.07, 6.45) is -0.264. The molecule has 2 rings (SSSR count). The van der Waals surface area contributed by atoms with Gasteiger partial charge in [-0.15, -0.1) is 0 Å². The molecule has 18 heavy (non-hydrogen) atoms. The molecule has 0 bridgehead atoms. The van der Waals surface area contributed by atoms with Gasteiger partial charge in [-0.3, -0.25) is 14.7 Å². The minimum Gasteiger partial charge on any atom is -0.481 e. The lowest BCUT2D eigenvalue weighted by Gasteiger charge is -2.02. The third-order valence-electron chi connectivity index (χ3n) is 2.78. The molecule has 0 saturated carbocycles. The molecule has 0 fully saturated rings. The van der Waals surface area contributed by atoms with Crippen molar-refractivity contribution in [3.05, 3.63) is 51.4 Å². The Labute approximate surface area is 104 Å². The van der Waals surface area contributed by atoms with Gasteiger partial charge in [0.2, 0.25) is 0 Å². The molecule has 5 nitrogen and oxygen atoms in total. The first-order chi connectivity index (χ1) is 8.49. The van der Waals surface area contributed by atoms with Crippen molar-refractivity contribution in [1.29, 1.82) is 0 Å². The first-order valence-corrected chi connectivity index (χ1v) is 5.58. The highest BCUT2D eigenvalue weighted by molar-refractivity contribution is 5.70. The number of carbonyl (C=O) groups is 1. The second-order valence-electron chi connectivity index (χ2n) is 4.27. The predicted octanol–water partition coefficient (Wildman–Crippen LogP) is 1.41. The van der Waals surface area contributed by atoms with Gasteiger partial charge >= 0.3 is 5.97 Å². The molecule has 2 N–H and O–H groups in total. The molecule has 1 heterocycles. The first kappa shape index (κ1) is 12.2. The van der Waals surface area contributed by atoms with Gasteiger partial charge in [0.15, 0.2) is 0 Å². The van der Waals surface area contributed by atoms with Crippen LogP contribution < -0.4 is 5.56 Å². The second-order valence-corrected chi connectivity index (χ2v) is 4.27. The van der Waals surface area contributed by atoms with Gasteiger partial charge in [-0.1, -0.05) is 12.1 Å². The van der Waals surface area contributed by atoms with Crippen molar-refractivity contribution in [2.45, 2.75) is 20.3 Å². The van der Waals surface area contributed by atoms with Crippen LogP contribution in [0.5, 0.6) is 0 Å². The van der Waals surface area contributed by atoms with Crippen LogP contribution in [0.1, 0.15) is 16.8 Å². The van der Waals surface area contributed by atoms with Crippen molar-refractivity contribution in [2.75, 3.05) is 0 Å². The number of hydrogen-bond acceptors (Lipinski definition) is 2. The Morgan fingerprint density at radius 3 is 2.72 bits per heavy atom. The largest absolute Gasteiger partial charge is 0.481 e. The standard InChI is InChI=1S/C13H14N2O3/c1-8-4-3-5-10(6-8)15-13(18)11(7-12(16)17)9(2)14-15/h3-6,14H,7H2,1-2H3,(H,16,17). The van der Waals surface area contributed by atoms with E-state index in [2.05, 4.69) is 5.10 Å². The van der Waals surface area contributed by atoms with Gasteiger partial charge < -0.3 is 5.11 Å². The van der Waals surface area contributed by atoms with E-state index in [1.165, 1.54) is 4.68 Å². The molecular formula is C13H14N2O3. The maximum atomic E-state index is 12.1. The quantitative estimate of drug-likeness (QED) is 0.859. The summed E-state index contributed by atoms with van der Waals surface area (Å²) in [7, 11) is 0. The molecule has 1 aromatic heterocycles. The van der Waals surface area contributed by atoms with Gasteiger partial charge in [0.25, 0.3) is 5.56 Å². The van der Waals surface area contributed by atoms with Crippen LogP contribution in [0.3, 0.4) is 0 Å². The van der Waals surface area contributed by atoms with E-state index in [4.69, 9.17) is 5.11 Å². The SMILES string of the molecule is Cc1cccc(-n2[nH]c(C)c(CC(=O)O)c2=O)c1. The normalized spacial score (nSPS) is 10.6. The molecule has 0 aliphatic rings. The zero-order chi connectivity index (χ0) is 13.3. The lowest BCUT2D eigenvalue weighted by Crippen LogP contribution is -2.19. The lowest BCUT2D eigenvalue weighted by atomic mass is 10.2. The third-order valence-corrected chi connectivity index (χ3v) is 2.78. The van der Waals surface area contributed by atoms with Gasteiger partial charge in [0, 0.05) is 5.69 Å². The number of aromatic nitrogens is 2. The summed E-state index contributed by atoms with van der Waals surface area (Å²) in [6.45, 7) is 3.63. The molecule has 1 aromatic carbocycles. The molecule has 0 aliphatic carbocycles. The fraction of sp³-hybridized carbons (Fsp3) is 0.231. The predicted molar refractivity (Wildman–Crippen MR) is 67.2 cm³/mol. The summed E-state index contributed by atoms with van der Waals surface area (Å²) in [6, 6.07) is 7.45. The van der Waals surface area contributed by atoms with Crippen molar-refractivity contribution >= 4 is 5.97 Å². The molecule has 5 heteroatoms. The molecule has 0 saturated heterocycles. The summed E-state index contributed by atoms with van der Waals surface area (Å²) in [5, 5.41) is 11.7. The number of carboxylic acids is 1. The number of H-pyrrole nitrogens is 1. The van der Waals surface area contributed by atoms with Crippen LogP contribution in [0.25, 0.3) is 5.69 Å². The average Bonchev–Trinajstić information content (AvgIpc) is 2.56. The summed E-state index contributed by atoms with van der Waals surface area (Å²) in [5.74, 6) is -1.01. The van der Waals surface area contributed by atoms with Crippen LogP contribution in [0.15, 0.2) is 29.1 Å². The molecule has 2 aromatic rings. The van der Waals surface area contributed by atoms with Gasteiger partial charge in [-0.25, -0.2) is 4.68 Å². The lowest BCUT2D eigenvalue weighted by molar-refractivity contribution is -0.136. The molecule has 0 aliphatic heterocycles. The number of nitrogens with zero attached hydrogens (tertiary/aromatic N) is 1. The number of rotatable bonds is 3. The Bertz CT molecular complexity index is 652. The van der Waals surface area contributed by atoms with E-state index in [0.717, 1.165) is 5.56 Å². The molecule has 0 radical (unpaired) electrons. The minimum atomic E-state index is -1.01. The number of nitrogens with one attached hydrogen (secondary N) is 1. The van der Waals surface area contributed by atoms with E-state index >= 15 is 0 Å². The maximum absolute atomic E-state index is 12.1. The number of hydrogen-bond donors (Lipinski definition) is 2. The third kappa shape index (κ3) is 2.20. The van der Waals surface area contributed by atoms with Gasteiger partial charge in [0.1, 0.15) is 0 Å². The Morgan fingerprint density at radius 1 is 1.39 bits per heavy atom. The maximum Gasteiger partial charge on any atom is 0.308 e. The van der Waals surface area contributed by atoms with E-state index < -0.39 is 5.97 Å². The van der Waals surface area contributed by atoms with Gasteiger partial charge in [-0.05, 0) is 31.5 Å². The average molecular weight is 246 g/mol. The number of aryl methyl sites for hydroxylation is 2. The van der Waals surface area contributed by atoms with Crippen LogP contribution in [0.4, 0.5) is 0 Å². The van der Waals surface area contributed by atoms with Gasteiger partial charge in [-0.2, -0.15) is 0 Å². The van der Waals surface area contributed by atoms with Crippen LogP contribution in [0.2, 0.25) is 0 Å². The topological polar surface area (TPSA) is 75.1 Å². The molecular weight excluding hydrogens is 232 g/mol. The molecule has 0 atom stereocenters. The second kappa shape index (κ2) is 4.52. The number of carboxylic acid groups (broad SMARTS) is 1. The first-order valence-electron chi connectivity index (χ1n) is 5.58. The van der Waals surface area contributed by atoms with E-state index in [-0.39, 0.29) is 12.0 Å². The zero-order valence-electron chi connectivity index (χ0n) is 10.2. The number of benzene rings is 1. The van der Waals surface area contributed by atoms with Crippen LogP contribution in [-0.2, 0) is 11.2 Å². The van der Waals surface area contributed by atoms with Crippen molar-refractivity contribution < 1.29 is 9.90 Å². The molecule has 0 unspecified atom stereocenters. The van der Waals surface area contributed by atoms with E-state index in [9.17, 15) is 9.59 Å². The van der Waals surface area contributed by atoms with Crippen LogP contribution in [-0.4, -0.2) is 20.9 Å². The molecule has 94 valence electrons. The smallest absolute Gasteiger partial charge is 0.308 e. The highest BCUT2D eigenvalue weighted by Crippen LogP contribution is 2.09. The summed E-state index contributed by atoms with van der Waals surface area (Å²) >= 11 is 0. The highest BCUT2D eigenvalue weighted by Gasteiger charge is 2.14. The fourth-order valence-corrected chi connectivity index (χ4v) is 1.89.